The van der Waals surface area contributed by atoms with Gasteiger partial charge < -0.3 is 15.4 Å². The fraction of sp³-hybridized carbons (Fsp3) is 0.364. The van der Waals surface area contributed by atoms with Crippen LogP contribution in [0.25, 0.3) is 0 Å². The summed E-state index contributed by atoms with van der Waals surface area (Å²) in [5, 5.41) is 5.53. The first kappa shape index (κ1) is 9.98. The second kappa shape index (κ2) is 4.31. The molecule has 1 aromatic carbocycles. The summed E-state index contributed by atoms with van der Waals surface area (Å²) >= 11 is 0. The molecule has 1 saturated heterocycles. The Morgan fingerprint density at radius 3 is 2.93 bits per heavy atom. The Bertz CT molecular complexity index is 361. The highest BCUT2D eigenvalue weighted by Crippen LogP contribution is 2.12. The number of nitrogens with one attached hydrogen (secondary N) is 2. The van der Waals surface area contributed by atoms with Gasteiger partial charge in [-0.05, 0) is 18.6 Å². The molecule has 0 saturated carbocycles. The summed E-state index contributed by atoms with van der Waals surface area (Å²) < 4.78 is 4.99. The number of hydrogen-bond donors (Lipinski definition) is 2. The predicted molar refractivity (Wildman–Crippen MR) is 57.9 cm³/mol. The third-order valence-corrected chi connectivity index (χ3v) is 2.29. The van der Waals surface area contributed by atoms with Gasteiger partial charge in [0.2, 0.25) is 0 Å². The average molecular weight is 206 g/mol. The van der Waals surface area contributed by atoms with Gasteiger partial charge in [-0.3, -0.25) is 0 Å². The molecule has 15 heavy (non-hydrogen) atoms. The van der Waals surface area contributed by atoms with Crippen molar-refractivity contribution >= 4 is 11.7 Å². The minimum Gasteiger partial charge on any atom is -0.371 e. The number of aryl methyl sites for hydroxylation is 1. The van der Waals surface area contributed by atoms with Gasteiger partial charge in [0.15, 0.2) is 0 Å². The lowest BCUT2D eigenvalue weighted by molar-refractivity contribution is 0.250. The Morgan fingerprint density at radius 2 is 2.27 bits per heavy atom. The van der Waals surface area contributed by atoms with Crippen LogP contribution in [-0.4, -0.2) is 25.3 Å². The summed E-state index contributed by atoms with van der Waals surface area (Å²) in [6.07, 6.45) is 0.215. The van der Waals surface area contributed by atoms with E-state index in [2.05, 4.69) is 10.6 Å². The van der Waals surface area contributed by atoms with Crippen LogP contribution >= 0.6 is 0 Å². The predicted octanol–water partition coefficient (Wildman–Crippen LogP) is 1.52. The zero-order valence-electron chi connectivity index (χ0n) is 8.62. The molecule has 0 aromatic heterocycles. The molecule has 0 radical (unpaired) electrons. The molecule has 1 fully saturated rings. The maximum Gasteiger partial charge on any atom is 0.319 e. The highest BCUT2D eigenvalue weighted by atomic mass is 16.6. The van der Waals surface area contributed by atoms with Gasteiger partial charge in [0.05, 0.1) is 12.7 Å². The molecule has 1 aliphatic rings. The van der Waals surface area contributed by atoms with Crippen molar-refractivity contribution in [1.29, 1.82) is 0 Å². The van der Waals surface area contributed by atoms with E-state index in [0.29, 0.717) is 6.54 Å². The molecule has 0 bridgehead atoms. The SMILES string of the molecule is Cc1ccccc1NC(=O)NCC1CO1. The molecule has 1 heterocycles. The number of epoxide rings is 1. The van der Waals surface area contributed by atoms with Crippen molar-refractivity contribution in [3.05, 3.63) is 29.8 Å². The number of carbonyl (C=O) groups is 1. The van der Waals surface area contributed by atoms with E-state index < -0.39 is 0 Å². The van der Waals surface area contributed by atoms with Gasteiger partial charge in [-0.15, -0.1) is 0 Å². The lowest BCUT2D eigenvalue weighted by atomic mass is 10.2. The number of amides is 2. The maximum absolute atomic E-state index is 11.4. The van der Waals surface area contributed by atoms with E-state index in [1.54, 1.807) is 0 Å². The van der Waals surface area contributed by atoms with Crippen molar-refractivity contribution in [2.24, 2.45) is 0 Å². The van der Waals surface area contributed by atoms with Crippen LogP contribution in [-0.2, 0) is 4.74 Å². The van der Waals surface area contributed by atoms with E-state index in [4.69, 9.17) is 4.74 Å². The molecular weight excluding hydrogens is 192 g/mol. The molecule has 2 N–H and O–H groups in total. The van der Waals surface area contributed by atoms with Gasteiger partial charge >= 0.3 is 6.03 Å². The van der Waals surface area contributed by atoms with Gasteiger partial charge in [-0.2, -0.15) is 0 Å². The molecule has 0 spiro atoms. The summed E-state index contributed by atoms with van der Waals surface area (Å²) in [7, 11) is 0. The van der Waals surface area contributed by atoms with Crippen molar-refractivity contribution in [3.63, 3.8) is 0 Å². The van der Waals surface area contributed by atoms with Crippen molar-refractivity contribution < 1.29 is 9.53 Å². The third-order valence-electron chi connectivity index (χ3n) is 2.29. The molecule has 80 valence electrons. The summed E-state index contributed by atoms with van der Waals surface area (Å²) in [4.78, 5) is 11.4. The standard InChI is InChI=1S/C11H14N2O2/c1-8-4-2-3-5-10(8)13-11(14)12-6-9-7-15-9/h2-5,9H,6-7H2,1H3,(H2,12,13,14). The first-order valence-corrected chi connectivity index (χ1v) is 4.98. The topological polar surface area (TPSA) is 53.7 Å². The first-order valence-electron chi connectivity index (χ1n) is 4.98. The largest absolute Gasteiger partial charge is 0.371 e. The minimum atomic E-state index is -0.181. The van der Waals surface area contributed by atoms with Crippen molar-refractivity contribution in [2.45, 2.75) is 13.0 Å². The highest BCUT2D eigenvalue weighted by molar-refractivity contribution is 5.90. The number of carbonyl (C=O) groups excluding carboxylic acids is 1. The van der Waals surface area contributed by atoms with Gasteiger partial charge in [-0.1, -0.05) is 18.2 Å². The van der Waals surface area contributed by atoms with Crippen molar-refractivity contribution in [2.75, 3.05) is 18.5 Å². The van der Waals surface area contributed by atoms with Crippen molar-refractivity contribution in [3.8, 4) is 0 Å². The molecule has 1 aliphatic heterocycles. The fourth-order valence-corrected chi connectivity index (χ4v) is 1.27. The maximum atomic E-state index is 11.4. The number of anilines is 1. The van der Waals surface area contributed by atoms with Crippen molar-refractivity contribution in [1.82, 2.24) is 5.32 Å². The molecule has 2 amide bonds. The minimum absolute atomic E-state index is 0.181. The number of ether oxygens (including phenoxy) is 1. The smallest absolute Gasteiger partial charge is 0.319 e. The zero-order chi connectivity index (χ0) is 10.7. The number of rotatable bonds is 3. The summed E-state index contributed by atoms with van der Waals surface area (Å²) in [5.74, 6) is 0. The van der Waals surface area contributed by atoms with Crippen LogP contribution in [0.5, 0.6) is 0 Å². The zero-order valence-corrected chi connectivity index (χ0v) is 8.62. The highest BCUT2D eigenvalue weighted by Gasteiger charge is 2.22. The Balaban J connectivity index is 1.84. The fourth-order valence-electron chi connectivity index (χ4n) is 1.27. The first-order chi connectivity index (χ1) is 7.25. The molecule has 2 rings (SSSR count). The Morgan fingerprint density at radius 1 is 1.53 bits per heavy atom. The number of benzene rings is 1. The quantitative estimate of drug-likeness (QED) is 0.736. The van der Waals surface area contributed by atoms with E-state index in [1.807, 2.05) is 31.2 Å². The van der Waals surface area contributed by atoms with E-state index in [0.717, 1.165) is 17.9 Å². The Hall–Kier alpha value is -1.55. The van der Waals surface area contributed by atoms with Gasteiger partial charge in [0.25, 0.3) is 0 Å². The van der Waals surface area contributed by atoms with E-state index >= 15 is 0 Å². The van der Waals surface area contributed by atoms with Gasteiger partial charge in [-0.25, -0.2) is 4.79 Å². The third kappa shape index (κ3) is 2.95. The van der Waals surface area contributed by atoms with Gasteiger partial charge in [0, 0.05) is 12.2 Å². The molecule has 4 heteroatoms. The van der Waals surface area contributed by atoms with Crippen LogP contribution in [0.4, 0.5) is 10.5 Å². The second-order valence-corrected chi connectivity index (χ2v) is 3.61. The lowest BCUT2D eigenvalue weighted by Crippen LogP contribution is -2.31. The average Bonchev–Trinajstić information content (AvgIpc) is 3.02. The molecular formula is C11H14N2O2. The normalized spacial score (nSPS) is 18.3. The van der Waals surface area contributed by atoms with E-state index in [9.17, 15) is 4.79 Å². The van der Waals surface area contributed by atoms with Crippen LogP contribution in [0.2, 0.25) is 0 Å². The van der Waals surface area contributed by atoms with Crippen LogP contribution in [0, 0.1) is 6.92 Å². The number of hydrogen-bond acceptors (Lipinski definition) is 2. The molecule has 1 unspecified atom stereocenters. The summed E-state index contributed by atoms with van der Waals surface area (Å²) in [6.45, 7) is 3.29. The van der Waals surface area contributed by atoms with E-state index in [1.165, 1.54) is 0 Å². The number of para-hydroxylation sites is 1. The molecule has 1 aromatic rings. The van der Waals surface area contributed by atoms with E-state index in [-0.39, 0.29) is 12.1 Å². The molecule has 4 nitrogen and oxygen atoms in total. The molecule has 0 aliphatic carbocycles. The summed E-state index contributed by atoms with van der Waals surface area (Å²) in [6, 6.07) is 7.49. The van der Waals surface area contributed by atoms with Gasteiger partial charge in [0.1, 0.15) is 0 Å². The Kier molecular flexibility index (Phi) is 2.87. The Labute approximate surface area is 88.6 Å². The molecule has 1 atom stereocenters. The number of urea groups is 1. The van der Waals surface area contributed by atoms with Crippen LogP contribution < -0.4 is 10.6 Å². The van der Waals surface area contributed by atoms with Crippen LogP contribution in [0.15, 0.2) is 24.3 Å². The van der Waals surface area contributed by atoms with Crippen LogP contribution in [0.1, 0.15) is 5.56 Å². The second-order valence-electron chi connectivity index (χ2n) is 3.61. The lowest BCUT2D eigenvalue weighted by Gasteiger charge is -2.08. The monoisotopic (exact) mass is 206 g/mol. The van der Waals surface area contributed by atoms with Crippen LogP contribution in [0.3, 0.4) is 0 Å². The summed E-state index contributed by atoms with van der Waals surface area (Å²) in [5.41, 5.74) is 1.89.